The number of ether oxygens (including phenoxy) is 1. The number of urea groups is 1. The highest BCUT2D eigenvalue weighted by atomic mass is 16.5. The first-order valence-electron chi connectivity index (χ1n) is 8.86. The molecular weight excluding hydrogens is 336 g/mol. The second-order valence-corrected chi connectivity index (χ2v) is 6.33. The highest BCUT2D eigenvalue weighted by Gasteiger charge is 2.24. The van der Waals surface area contributed by atoms with E-state index < -0.39 is 24.5 Å². The van der Waals surface area contributed by atoms with Gasteiger partial charge in [0, 0.05) is 18.0 Å². The maximum atomic E-state index is 12.1. The minimum absolute atomic E-state index is 0.00967. The van der Waals surface area contributed by atoms with Crippen LogP contribution in [0.5, 0.6) is 0 Å². The average Bonchev–Trinajstić information content (AvgIpc) is 3.42. The second-order valence-electron chi connectivity index (χ2n) is 6.33. The van der Waals surface area contributed by atoms with Crippen LogP contribution in [-0.4, -0.2) is 36.3 Å². The van der Waals surface area contributed by atoms with Crippen molar-refractivity contribution in [1.82, 2.24) is 10.6 Å². The summed E-state index contributed by atoms with van der Waals surface area (Å²) in [6, 6.07) is 6.87. The molecule has 2 rings (SSSR count). The summed E-state index contributed by atoms with van der Waals surface area (Å²) in [7, 11) is 0. The van der Waals surface area contributed by atoms with E-state index in [0.717, 1.165) is 25.7 Å². The molecule has 26 heavy (non-hydrogen) atoms. The number of hydrogen-bond donors (Lipinski definition) is 2. The Morgan fingerprint density at radius 3 is 2.38 bits per heavy atom. The number of Topliss-reactive ketones (excluding diaryl/α,β-unsaturated/α-hetero) is 1. The topological polar surface area (TPSA) is 102 Å². The zero-order chi connectivity index (χ0) is 18.9. The molecule has 0 heterocycles. The summed E-state index contributed by atoms with van der Waals surface area (Å²) in [5.41, 5.74) is 1.72. The van der Waals surface area contributed by atoms with E-state index in [1.807, 2.05) is 12.1 Å². The quantitative estimate of drug-likeness (QED) is 0.519. The Balaban J connectivity index is 1.64. The number of esters is 1. The van der Waals surface area contributed by atoms with E-state index >= 15 is 0 Å². The van der Waals surface area contributed by atoms with Crippen molar-refractivity contribution < 1.29 is 23.9 Å². The van der Waals surface area contributed by atoms with E-state index in [4.69, 9.17) is 4.74 Å². The lowest BCUT2D eigenvalue weighted by atomic mass is 10.0. The fourth-order valence-corrected chi connectivity index (χ4v) is 2.34. The number of ketones is 1. The van der Waals surface area contributed by atoms with Crippen LogP contribution in [-0.2, 0) is 20.7 Å². The van der Waals surface area contributed by atoms with Crippen molar-refractivity contribution >= 4 is 23.7 Å². The molecule has 0 bridgehead atoms. The lowest BCUT2D eigenvalue weighted by Crippen LogP contribution is -2.42. The fourth-order valence-electron chi connectivity index (χ4n) is 2.34. The number of imide groups is 1. The highest BCUT2D eigenvalue weighted by Crippen LogP contribution is 2.18. The van der Waals surface area contributed by atoms with Gasteiger partial charge in [-0.05, 0) is 24.8 Å². The Hall–Kier alpha value is -2.70. The number of rotatable bonds is 9. The van der Waals surface area contributed by atoms with E-state index in [1.165, 1.54) is 5.56 Å². The average molecular weight is 360 g/mol. The van der Waals surface area contributed by atoms with Crippen molar-refractivity contribution in [2.75, 3.05) is 6.61 Å². The summed E-state index contributed by atoms with van der Waals surface area (Å²) >= 11 is 0. The minimum Gasteiger partial charge on any atom is -0.456 e. The number of hydrogen-bond acceptors (Lipinski definition) is 5. The van der Waals surface area contributed by atoms with Crippen molar-refractivity contribution in [1.29, 1.82) is 0 Å². The second kappa shape index (κ2) is 9.70. The van der Waals surface area contributed by atoms with Crippen LogP contribution in [0.25, 0.3) is 0 Å². The van der Waals surface area contributed by atoms with Crippen LogP contribution in [0.2, 0.25) is 0 Å². The first-order valence-corrected chi connectivity index (χ1v) is 8.86. The molecule has 1 aromatic carbocycles. The molecule has 3 amide bonds. The maximum Gasteiger partial charge on any atom is 0.321 e. The maximum absolute atomic E-state index is 12.1. The molecule has 1 fully saturated rings. The van der Waals surface area contributed by atoms with E-state index in [0.29, 0.717) is 5.56 Å². The normalized spacial score (nSPS) is 13.0. The van der Waals surface area contributed by atoms with Crippen molar-refractivity contribution in [3.8, 4) is 0 Å². The Kier molecular flexibility index (Phi) is 7.32. The number of nitrogens with one attached hydrogen (secondary N) is 2. The van der Waals surface area contributed by atoms with Crippen LogP contribution in [0, 0.1) is 0 Å². The standard InChI is InChI=1S/C19H24N2O5/c1-2-3-13-4-6-14(7-5-13)16(22)10-11-18(24)26-12-17(23)21-19(25)20-15-8-9-15/h4-7,15H,2-3,8-12H2,1H3,(H2,20,21,23,25). The summed E-state index contributed by atoms with van der Waals surface area (Å²) in [4.78, 5) is 46.6. The molecule has 0 atom stereocenters. The van der Waals surface area contributed by atoms with E-state index in [9.17, 15) is 19.2 Å². The molecule has 0 spiro atoms. The largest absolute Gasteiger partial charge is 0.456 e. The zero-order valence-corrected chi connectivity index (χ0v) is 14.9. The third kappa shape index (κ3) is 7.04. The fraction of sp³-hybridized carbons (Fsp3) is 0.474. The number of benzene rings is 1. The van der Waals surface area contributed by atoms with E-state index in [2.05, 4.69) is 17.6 Å². The molecule has 0 aromatic heterocycles. The van der Waals surface area contributed by atoms with E-state index in [-0.39, 0.29) is 24.7 Å². The van der Waals surface area contributed by atoms with Gasteiger partial charge in [-0.3, -0.25) is 19.7 Å². The van der Waals surface area contributed by atoms with Gasteiger partial charge in [0.25, 0.3) is 5.91 Å². The smallest absolute Gasteiger partial charge is 0.321 e. The molecule has 1 aliphatic rings. The number of carbonyl (C=O) groups is 4. The van der Waals surface area contributed by atoms with Crippen molar-refractivity contribution in [2.45, 2.75) is 51.5 Å². The van der Waals surface area contributed by atoms with Crippen LogP contribution in [0.1, 0.15) is 54.9 Å². The van der Waals surface area contributed by atoms with Crippen molar-refractivity contribution in [3.05, 3.63) is 35.4 Å². The molecule has 0 unspecified atom stereocenters. The van der Waals surface area contributed by atoms with Gasteiger partial charge in [-0.15, -0.1) is 0 Å². The zero-order valence-electron chi connectivity index (χ0n) is 14.9. The van der Waals surface area contributed by atoms with Crippen LogP contribution >= 0.6 is 0 Å². The van der Waals surface area contributed by atoms with Crippen molar-refractivity contribution in [2.24, 2.45) is 0 Å². The third-order valence-corrected chi connectivity index (χ3v) is 3.90. The van der Waals surface area contributed by atoms with Crippen molar-refractivity contribution in [3.63, 3.8) is 0 Å². The van der Waals surface area contributed by atoms with Gasteiger partial charge < -0.3 is 10.1 Å². The van der Waals surface area contributed by atoms with Crippen LogP contribution in [0.15, 0.2) is 24.3 Å². The minimum atomic E-state index is -0.700. The first-order chi connectivity index (χ1) is 12.5. The molecule has 0 radical (unpaired) electrons. The SMILES string of the molecule is CCCc1ccc(C(=O)CCC(=O)OCC(=O)NC(=O)NC2CC2)cc1. The molecular formula is C19H24N2O5. The lowest BCUT2D eigenvalue weighted by molar-refractivity contribution is -0.148. The van der Waals surface area contributed by atoms with E-state index in [1.54, 1.807) is 12.1 Å². The molecule has 1 aromatic rings. The molecule has 0 saturated heterocycles. The predicted octanol–water partition coefficient (Wildman–Crippen LogP) is 2.13. The Morgan fingerprint density at radius 2 is 1.77 bits per heavy atom. The van der Waals surface area contributed by atoms with Gasteiger partial charge >= 0.3 is 12.0 Å². The van der Waals surface area contributed by atoms with Gasteiger partial charge in [-0.1, -0.05) is 37.6 Å². The summed E-state index contributed by atoms with van der Waals surface area (Å²) in [5, 5.41) is 4.67. The molecule has 7 nitrogen and oxygen atoms in total. The van der Waals surface area contributed by atoms with Gasteiger partial charge in [0.05, 0.1) is 6.42 Å². The molecule has 7 heteroatoms. The number of carbonyl (C=O) groups excluding carboxylic acids is 4. The molecule has 2 N–H and O–H groups in total. The first kappa shape index (κ1) is 19.6. The lowest BCUT2D eigenvalue weighted by Gasteiger charge is -2.07. The summed E-state index contributed by atoms with van der Waals surface area (Å²) in [6.07, 6.45) is 3.71. The molecule has 0 aliphatic heterocycles. The molecule has 1 saturated carbocycles. The predicted molar refractivity (Wildman–Crippen MR) is 94.7 cm³/mol. The van der Waals surface area contributed by atoms with Gasteiger partial charge in [-0.25, -0.2) is 4.79 Å². The summed E-state index contributed by atoms with van der Waals surface area (Å²) < 4.78 is 4.78. The monoisotopic (exact) mass is 360 g/mol. The Bertz CT molecular complexity index is 665. The van der Waals surface area contributed by atoms with Gasteiger partial charge in [0.1, 0.15) is 0 Å². The molecule has 1 aliphatic carbocycles. The molecule has 140 valence electrons. The third-order valence-electron chi connectivity index (χ3n) is 3.90. The Morgan fingerprint density at radius 1 is 1.08 bits per heavy atom. The van der Waals surface area contributed by atoms with Gasteiger partial charge in [0.15, 0.2) is 12.4 Å². The van der Waals surface area contributed by atoms with Crippen LogP contribution < -0.4 is 10.6 Å². The van der Waals surface area contributed by atoms with Gasteiger partial charge in [-0.2, -0.15) is 0 Å². The van der Waals surface area contributed by atoms with Crippen LogP contribution in [0.3, 0.4) is 0 Å². The number of amides is 3. The highest BCUT2D eigenvalue weighted by molar-refractivity contribution is 5.98. The number of aryl methyl sites for hydroxylation is 1. The Labute approximate surface area is 152 Å². The van der Waals surface area contributed by atoms with Gasteiger partial charge in [0.2, 0.25) is 0 Å². The van der Waals surface area contributed by atoms with Crippen LogP contribution in [0.4, 0.5) is 4.79 Å². The summed E-state index contributed by atoms with van der Waals surface area (Å²) in [5.74, 6) is -1.51. The summed E-state index contributed by atoms with van der Waals surface area (Å²) in [6.45, 7) is 1.54.